The largest absolute Gasteiger partial charge is 0.497 e. The van der Waals surface area contributed by atoms with E-state index in [0.29, 0.717) is 5.56 Å². The second kappa shape index (κ2) is 8.04. The van der Waals surface area contributed by atoms with E-state index in [1.54, 1.807) is 7.11 Å². The highest BCUT2D eigenvalue weighted by Gasteiger charge is 2.13. The maximum Gasteiger partial charge on any atom is 0.153 e. The van der Waals surface area contributed by atoms with Crippen molar-refractivity contribution in [3.63, 3.8) is 0 Å². The van der Waals surface area contributed by atoms with Gasteiger partial charge in [-0.05, 0) is 52.7 Å². The molecule has 0 N–H and O–H groups in total. The minimum Gasteiger partial charge on any atom is -0.497 e. The first-order chi connectivity index (χ1) is 12.2. The molecule has 0 spiro atoms. The summed E-state index contributed by atoms with van der Waals surface area (Å²) in [6.45, 7) is 0.812. The molecule has 0 unspecified atom stereocenters. The lowest BCUT2D eigenvalue weighted by Gasteiger charge is -2.05. The first-order valence-corrected chi connectivity index (χ1v) is 8.88. The number of aromatic nitrogens is 1. The van der Waals surface area contributed by atoms with Crippen LogP contribution in [0.25, 0.3) is 10.9 Å². The van der Waals surface area contributed by atoms with E-state index in [9.17, 15) is 4.79 Å². The van der Waals surface area contributed by atoms with Crippen molar-refractivity contribution in [2.45, 2.75) is 19.4 Å². The van der Waals surface area contributed by atoms with Crippen LogP contribution in [0.3, 0.4) is 0 Å². The highest BCUT2D eigenvalue weighted by atomic mass is 79.9. The quantitative estimate of drug-likeness (QED) is 0.343. The van der Waals surface area contributed by atoms with Gasteiger partial charge in [0.2, 0.25) is 0 Å². The molecule has 0 radical (unpaired) electrons. The van der Waals surface area contributed by atoms with Gasteiger partial charge in [-0.3, -0.25) is 4.79 Å². The summed E-state index contributed by atoms with van der Waals surface area (Å²) in [4.78, 5) is 11.4. The van der Waals surface area contributed by atoms with Gasteiger partial charge in [0.25, 0.3) is 0 Å². The minimum absolute atomic E-state index is 0.708. The number of methoxy groups -OCH3 is 1. The highest BCUT2D eigenvalue weighted by molar-refractivity contribution is 9.10. The fraction of sp³-hybridized carbons (Fsp3) is 0.190. The number of ether oxygens (including phenoxy) is 1. The summed E-state index contributed by atoms with van der Waals surface area (Å²) in [6.07, 6.45) is 2.62. The van der Waals surface area contributed by atoms with Crippen LogP contribution in [0.4, 0.5) is 0 Å². The first kappa shape index (κ1) is 17.3. The zero-order valence-electron chi connectivity index (χ0n) is 14.0. The number of carbonyl (C=O) groups is 1. The summed E-state index contributed by atoms with van der Waals surface area (Å²) in [6, 6.07) is 15.7. The number of hydrogen-bond donors (Lipinski definition) is 0. The molecular weight excluding hydrogens is 378 g/mol. The van der Waals surface area contributed by atoms with Crippen LogP contribution in [0.5, 0.6) is 5.75 Å². The van der Waals surface area contributed by atoms with E-state index in [1.807, 2.05) is 48.5 Å². The number of nitrogens with zero attached hydrogens (tertiary/aromatic N) is 1. The van der Waals surface area contributed by atoms with Crippen molar-refractivity contribution in [2.24, 2.45) is 0 Å². The topological polar surface area (TPSA) is 31.2 Å². The molecule has 0 atom stereocenters. The summed E-state index contributed by atoms with van der Waals surface area (Å²) in [7, 11) is 1.65. The molecule has 0 aliphatic carbocycles. The van der Waals surface area contributed by atoms with Crippen molar-refractivity contribution in [2.75, 3.05) is 7.11 Å². The Morgan fingerprint density at radius 3 is 2.64 bits per heavy atom. The zero-order valence-corrected chi connectivity index (χ0v) is 15.5. The Bertz CT molecular complexity index is 946. The number of fused-ring (bicyclic) bond motifs is 1. The number of halogens is 1. The van der Waals surface area contributed by atoms with E-state index in [0.717, 1.165) is 52.5 Å². The maximum absolute atomic E-state index is 11.4. The molecule has 0 bridgehead atoms. The third kappa shape index (κ3) is 3.78. The number of hydrogen-bond acceptors (Lipinski definition) is 2. The molecule has 1 heterocycles. The Balaban J connectivity index is 1.67. The predicted octanol–water partition coefficient (Wildman–Crippen LogP) is 5.06. The van der Waals surface area contributed by atoms with Gasteiger partial charge >= 0.3 is 0 Å². The zero-order chi connectivity index (χ0) is 17.6. The number of para-hydroxylation sites is 1. The Morgan fingerprint density at radius 1 is 1.16 bits per heavy atom. The third-order valence-corrected chi connectivity index (χ3v) is 4.92. The van der Waals surface area contributed by atoms with Gasteiger partial charge in [0.15, 0.2) is 6.29 Å². The van der Waals surface area contributed by atoms with E-state index in [4.69, 9.17) is 4.74 Å². The Morgan fingerprint density at radius 2 is 1.92 bits per heavy atom. The van der Waals surface area contributed by atoms with Gasteiger partial charge in [-0.2, -0.15) is 0 Å². The van der Waals surface area contributed by atoms with Crippen LogP contribution in [0, 0.1) is 11.8 Å². The van der Waals surface area contributed by atoms with Crippen LogP contribution in [-0.4, -0.2) is 18.0 Å². The van der Waals surface area contributed by atoms with Crippen molar-refractivity contribution < 1.29 is 9.53 Å². The molecule has 3 aromatic rings. The molecule has 0 saturated heterocycles. The standard InChI is InChI=1S/C21H18BrNO2/c1-25-17-12-10-16(11-13-17)7-3-2-6-14-23-20-9-5-4-8-18(20)19(15-24)21(23)22/h4-5,8-13,15H,2,6,14H2,1H3. The first-order valence-electron chi connectivity index (χ1n) is 8.09. The molecule has 1 aromatic heterocycles. The fourth-order valence-corrected chi connectivity index (χ4v) is 3.47. The molecule has 0 aliphatic rings. The normalized spacial score (nSPS) is 10.3. The minimum atomic E-state index is 0.708. The third-order valence-electron chi connectivity index (χ3n) is 4.07. The average Bonchev–Trinajstić information content (AvgIpc) is 2.93. The lowest BCUT2D eigenvalue weighted by molar-refractivity contribution is 0.112. The number of rotatable bonds is 5. The molecule has 3 nitrogen and oxygen atoms in total. The average molecular weight is 396 g/mol. The van der Waals surface area contributed by atoms with Crippen LogP contribution in [-0.2, 0) is 6.54 Å². The second-order valence-corrected chi connectivity index (χ2v) is 6.38. The molecule has 0 saturated carbocycles. The maximum atomic E-state index is 11.4. The van der Waals surface area contributed by atoms with E-state index in [1.165, 1.54) is 0 Å². The van der Waals surface area contributed by atoms with Crippen molar-refractivity contribution >= 4 is 33.1 Å². The van der Waals surface area contributed by atoms with Gasteiger partial charge in [0, 0.05) is 29.4 Å². The lowest BCUT2D eigenvalue weighted by Crippen LogP contribution is -1.98. The van der Waals surface area contributed by atoms with Gasteiger partial charge in [-0.15, -0.1) is 0 Å². The number of unbranched alkanes of at least 4 members (excludes halogenated alkanes) is 1. The second-order valence-electron chi connectivity index (χ2n) is 5.62. The van der Waals surface area contributed by atoms with E-state index in [-0.39, 0.29) is 0 Å². The van der Waals surface area contributed by atoms with Crippen LogP contribution in [0.2, 0.25) is 0 Å². The van der Waals surface area contributed by atoms with Gasteiger partial charge < -0.3 is 9.30 Å². The molecule has 0 fully saturated rings. The van der Waals surface area contributed by atoms with Crippen LogP contribution in [0.1, 0.15) is 28.8 Å². The molecule has 0 amide bonds. The van der Waals surface area contributed by atoms with E-state index >= 15 is 0 Å². The Kier molecular flexibility index (Phi) is 5.57. The predicted molar refractivity (Wildman–Crippen MR) is 104 cm³/mol. The number of aryl methyl sites for hydroxylation is 1. The summed E-state index contributed by atoms with van der Waals surface area (Å²) in [5.41, 5.74) is 2.76. The number of carbonyl (C=O) groups excluding carboxylic acids is 1. The molecular formula is C21H18BrNO2. The summed E-state index contributed by atoms with van der Waals surface area (Å²) in [5.74, 6) is 7.21. The monoisotopic (exact) mass is 395 g/mol. The van der Waals surface area contributed by atoms with Crippen molar-refractivity contribution in [1.82, 2.24) is 4.57 Å². The van der Waals surface area contributed by atoms with E-state index < -0.39 is 0 Å². The van der Waals surface area contributed by atoms with Crippen LogP contribution >= 0.6 is 15.9 Å². The fourth-order valence-electron chi connectivity index (χ4n) is 2.79. The van der Waals surface area contributed by atoms with Gasteiger partial charge in [0.05, 0.1) is 17.3 Å². The SMILES string of the molecule is COc1ccc(C#CCCCn2c(Br)c(C=O)c3ccccc32)cc1. The Labute approximate surface area is 155 Å². The summed E-state index contributed by atoms with van der Waals surface area (Å²) >= 11 is 3.56. The number of aldehydes is 1. The van der Waals surface area contributed by atoms with E-state index in [2.05, 4.69) is 32.3 Å². The summed E-state index contributed by atoms with van der Waals surface area (Å²) < 4.78 is 8.11. The molecule has 126 valence electrons. The molecule has 0 aliphatic heterocycles. The number of benzene rings is 2. The van der Waals surface area contributed by atoms with Crippen molar-refractivity contribution in [3.8, 4) is 17.6 Å². The molecule has 4 heteroatoms. The van der Waals surface area contributed by atoms with Crippen molar-refractivity contribution in [1.29, 1.82) is 0 Å². The summed E-state index contributed by atoms with van der Waals surface area (Å²) in [5, 5.41) is 0.980. The lowest BCUT2D eigenvalue weighted by atomic mass is 10.2. The highest BCUT2D eigenvalue weighted by Crippen LogP contribution is 2.29. The van der Waals surface area contributed by atoms with Gasteiger partial charge in [-0.1, -0.05) is 30.0 Å². The van der Waals surface area contributed by atoms with Crippen LogP contribution in [0.15, 0.2) is 53.1 Å². The van der Waals surface area contributed by atoms with Crippen LogP contribution < -0.4 is 4.74 Å². The van der Waals surface area contributed by atoms with Gasteiger partial charge in [-0.25, -0.2) is 0 Å². The smallest absolute Gasteiger partial charge is 0.153 e. The Hall–Kier alpha value is -2.51. The van der Waals surface area contributed by atoms with Gasteiger partial charge in [0.1, 0.15) is 5.75 Å². The molecule has 2 aromatic carbocycles. The molecule has 3 rings (SSSR count). The van der Waals surface area contributed by atoms with Crippen molar-refractivity contribution in [3.05, 3.63) is 64.3 Å². The molecule has 25 heavy (non-hydrogen) atoms.